The molecule has 0 bridgehead atoms. The van der Waals surface area contributed by atoms with Gasteiger partial charge in [0.2, 0.25) is 0 Å². The Morgan fingerprint density at radius 2 is 2.19 bits per heavy atom. The highest BCUT2D eigenvalue weighted by Crippen LogP contribution is 2.33. The molecule has 2 aromatic rings. The molecule has 1 aliphatic heterocycles. The molecule has 3 rings (SSSR count). The highest BCUT2D eigenvalue weighted by Gasteiger charge is 2.23. The van der Waals surface area contributed by atoms with E-state index in [2.05, 4.69) is 6.92 Å². The van der Waals surface area contributed by atoms with E-state index in [0.29, 0.717) is 23.8 Å². The number of hydrogen-bond acceptors (Lipinski definition) is 4. The first kappa shape index (κ1) is 14.3. The van der Waals surface area contributed by atoms with Gasteiger partial charge in [0.25, 0.3) is 0 Å². The number of fused-ring (bicyclic) bond motifs is 2. The minimum Gasteiger partial charge on any atom is -0.488 e. The van der Waals surface area contributed by atoms with Gasteiger partial charge in [0, 0.05) is 23.1 Å². The number of benzene rings is 1. The van der Waals surface area contributed by atoms with Gasteiger partial charge < -0.3 is 9.84 Å². The van der Waals surface area contributed by atoms with Gasteiger partial charge in [-0.05, 0) is 41.8 Å². The third kappa shape index (κ3) is 2.74. The Morgan fingerprint density at radius 1 is 1.33 bits per heavy atom. The number of carbonyl (C=O) groups excluding carboxylic acids is 1. The minimum atomic E-state index is 0.0509. The Bertz CT molecular complexity index is 660. The normalized spacial score (nSPS) is 14.9. The van der Waals surface area contributed by atoms with Crippen molar-refractivity contribution in [2.24, 2.45) is 0 Å². The number of hydrogen-bond donors (Lipinski definition) is 1. The maximum atomic E-state index is 12.7. The number of ether oxygens (including phenoxy) is 1. The molecular formula is C17H18O3S. The molecular weight excluding hydrogens is 284 g/mol. The molecule has 1 aromatic heterocycles. The number of ketones is 1. The molecule has 0 radical (unpaired) electrons. The summed E-state index contributed by atoms with van der Waals surface area (Å²) in [4.78, 5) is 12.7. The third-order valence-electron chi connectivity index (χ3n) is 3.98. The first-order valence-electron chi connectivity index (χ1n) is 7.18. The van der Waals surface area contributed by atoms with Crippen LogP contribution in [0.15, 0.2) is 29.0 Å². The van der Waals surface area contributed by atoms with Gasteiger partial charge in [-0.1, -0.05) is 13.0 Å². The summed E-state index contributed by atoms with van der Waals surface area (Å²) in [5.74, 6) is 1.04. The SMILES string of the molecule is CC(CCCO)c1ccc2c(c1)C(=O)c1cscc1CO2. The second kappa shape index (κ2) is 6.00. The van der Waals surface area contributed by atoms with Crippen molar-refractivity contribution < 1.29 is 14.6 Å². The van der Waals surface area contributed by atoms with E-state index in [1.54, 1.807) is 0 Å². The minimum absolute atomic E-state index is 0.0509. The second-order valence-electron chi connectivity index (χ2n) is 5.45. The fraction of sp³-hybridized carbons (Fsp3) is 0.353. The highest BCUT2D eigenvalue weighted by molar-refractivity contribution is 7.08. The van der Waals surface area contributed by atoms with Crippen molar-refractivity contribution in [2.45, 2.75) is 32.3 Å². The van der Waals surface area contributed by atoms with Gasteiger partial charge in [0.05, 0.1) is 5.56 Å². The summed E-state index contributed by atoms with van der Waals surface area (Å²) in [5, 5.41) is 12.8. The van der Waals surface area contributed by atoms with Crippen molar-refractivity contribution in [1.29, 1.82) is 0 Å². The molecule has 0 amide bonds. The number of aliphatic hydroxyl groups excluding tert-OH is 1. The summed E-state index contributed by atoms with van der Waals surface area (Å²) in [6, 6.07) is 5.87. The van der Waals surface area contributed by atoms with Crippen LogP contribution < -0.4 is 4.74 Å². The van der Waals surface area contributed by atoms with Crippen LogP contribution in [0.2, 0.25) is 0 Å². The van der Waals surface area contributed by atoms with Gasteiger partial charge in [-0.3, -0.25) is 4.79 Å². The maximum absolute atomic E-state index is 12.7. The van der Waals surface area contributed by atoms with E-state index in [-0.39, 0.29) is 12.4 Å². The van der Waals surface area contributed by atoms with Crippen molar-refractivity contribution in [3.8, 4) is 5.75 Å². The summed E-state index contributed by atoms with van der Waals surface area (Å²) < 4.78 is 5.77. The van der Waals surface area contributed by atoms with Crippen LogP contribution in [0.3, 0.4) is 0 Å². The molecule has 0 spiro atoms. The van der Waals surface area contributed by atoms with E-state index in [9.17, 15) is 4.79 Å². The average molecular weight is 302 g/mol. The standard InChI is InChI=1S/C17H18O3S/c1-11(3-2-6-18)12-4-5-16-14(7-12)17(19)15-10-21-9-13(15)8-20-16/h4-5,7,9-11,18H,2-3,6,8H2,1H3. The molecule has 1 aliphatic rings. The van der Waals surface area contributed by atoms with Crippen LogP contribution in [-0.4, -0.2) is 17.5 Å². The van der Waals surface area contributed by atoms with Crippen LogP contribution in [0.1, 0.15) is 52.7 Å². The van der Waals surface area contributed by atoms with Gasteiger partial charge in [0.15, 0.2) is 5.78 Å². The van der Waals surface area contributed by atoms with Crippen molar-refractivity contribution in [3.63, 3.8) is 0 Å². The zero-order valence-corrected chi connectivity index (χ0v) is 12.8. The van der Waals surface area contributed by atoms with Crippen LogP contribution in [0.4, 0.5) is 0 Å². The first-order valence-corrected chi connectivity index (χ1v) is 8.12. The predicted octanol–water partition coefficient (Wildman–Crippen LogP) is 3.75. The van der Waals surface area contributed by atoms with Crippen molar-refractivity contribution >= 4 is 17.1 Å². The predicted molar refractivity (Wildman–Crippen MR) is 83.3 cm³/mol. The molecule has 0 saturated carbocycles. The zero-order chi connectivity index (χ0) is 14.8. The lowest BCUT2D eigenvalue weighted by atomic mass is 9.92. The van der Waals surface area contributed by atoms with Gasteiger partial charge in [0.1, 0.15) is 12.4 Å². The molecule has 1 N–H and O–H groups in total. The van der Waals surface area contributed by atoms with E-state index in [1.165, 1.54) is 11.3 Å². The summed E-state index contributed by atoms with van der Waals surface area (Å²) in [6.45, 7) is 2.78. The van der Waals surface area contributed by atoms with Gasteiger partial charge in [-0.2, -0.15) is 11.3 Å². The monoisotopic (exact) mass is 302 g/mol. The highest BCUT2D eigenvalue weighted by atomic mass is 32.1. The van der Waals surface area contributed by atoms with E-state index < -0.39 is 0 Å². The van der Waals surface area contributed by atoms with Crippen molar-refractivity contribution in [3.05, 3.63) is 51.2 Å². The third-order valence-corrected chi connectivity index (χ3v) is 4.77. The number of carbonyl (C=O) groups is 1. The zero-order valence-electron chi connectivity index (χ0n) is 12.0. The van der Waals surface area contributed by atoms with Gasteiger partial charge in [-0.15, -0.1) is 0 Å². The quantitative estimate of drug-likeness (QED) is 0.935. The summed E-state index contributed by atoms with van der Waals surface area (Å²) in [6.07, 6.45) is 1.69. The first-order chi connectivity index (χ1) is 10.2. The number of aliphatic hydroxyl groups is 1. The van der Waals surface area contributed by atoms with Crippen molar-refractivity contribution in [2.75, 3.05) is 6.61 Å². The Balaban J connectivity index is 1.95. The van der Waals surface area contributed by atoms with Crippen LogP contribution in [0.5, 0.6) is 5.75 Å². The average Bonchev–Trinajstić information content (AvgIpc) is 2.93. The second-order valence-corrected chi connectivity index (χ2v) is 6.19. The van der Waals surface area contributed by atoms with Crippen LogP contribution in [0, 0.1) is 0 Å². The molecule has 21 heavy (non-hydrogen) atoms. The number of rotatable bonds is 4. The summed E-state index contributed by atoms with van der Waals surface area (Å²) in [5.41, 5.74) is 3.51. The molecule has 0 saturated heterocycles. The Labute approximate surface area is 128 Å². The molecule has 0 fully saturated rings. The molecule has 1 unspecified atom stereocenters. The Kier molecular flexibility index (Phi) is 4.08. The van der Waals surface area contributed by atoms with E-state index in [0.717, 1.165) is 29.5 Å². The van der Waals surface area contributed by atoms with Crippen LogP contribution >= 0.6 is 11.3 Å². The Morgan fingerprint density at radius 3 is 3.00 bits per heavy atom. The summed E-state index contributed by atoms with van der Waals surface area (Å²) >= 11 is 1.54. The topological polar surface area (TPSA) is 46.5 Å². The lowest BCUT2D eigenvalue weighted by molar-refractivity contribution is 0.103. The van der Waals surface area contributed by atoms with Crippen LogP contribution in [-0.2, 0) is 6.61 Å². The van der Waals surface area contributed by atoms with Crippen LogP contribution in [0.25, 0.3) is 0 Å². The number of thiophene rings is 1. The Hall–Kier alpha value is -1.65. The fourth-order valence-corrected chi connectivity index (χ4v) is 3.48. The molecule has 4 heteroatoms. The molecule has 110 valence electrons. The molecule has 1 atom stereocenters. The van der Waals surface area contributed by atoms with Gasteiger partial charge >= 0.3 is 0 Å². The maximum Gasteiger partial charge on any atom is 0.198 e. The lowest BCUT2D eigenvalue weighted by Crippen LogP contribution is -2.03. The van der Waals surface area contributed by atoms with Crippen molar-refractivity contribution in [1.82, 2.24) is 0 Å². The van der Waals surface area contributed by atoms with E-state index >= 15 is 0 Å². The fourth-order valence-electron chi connectivity index (χ4n) is 2.66. The molecule has 3 nitrogen and oxygen atoms in total. The van der Waals surface area contributed by atoms with E-state index in [4.69, 9.17) is 9.84 Å². The summed E-state index contributed by atoms with van der Waals surface area (Å²) in [7, 11) is 0. The molecule has 2 heterocycles. The molecule has 1 aromatic carbocycles. The lowest BCUT2D eigenvalue weighted by Gasteiger charge is -2.14. The molecule has 0 aliphatic carbocycles. The van der Waals surface area contributed by atoms with Gasteiger partial charge in [-0.25, -0.2) is 0 Å². The smallest absolute Gasteiger partial charge is 0.198 e. The largest absolute Gasteiger partial charge is 0.488 e. The van der Waals surface area contributed by atoms with E-state index in [1.807, 2.05) is 29.0 Å².